The van der Waals surface area contributed by atoms with Gasteiger partial charge in [-0.1, -0.05) is 18.6 Å². The highest BCUT2D eigenvalue weighted by atomic mass is 19.1. The number of anilines is 1. The normalized spacial score (nSPS) is 15.8. The van der Waals surface area contributed by atoms with Gasteiger partial charge in [0, 0.05) is 13.6 Å². The van der Waals surface area contributed by atoms with Crippen LogP contribution in [0.2, 0.25) is 0 Å². The first-order valence-corrected chi connectivity index (χ1v) is 9.63. The number of aryl methyl sites for hydroxylation is 1. The second kappa shape index (κ2) is 8.97. The van der Waals surface area contributed by atoms with Crippen molar-refractivity contribution in [2.75, 3.05) is 25.5 Å². The average molecular weight is 387 g/mol. The van der Waals surface area contributed by atoms with Crippen LogP contribution in [0.3, 0.4) is 0 Å². The van der Waals surface area contributed by atoms with E-state index in [2.05, 4.69) is 20.6 Å². The Hall–Kier alpha value is -2.74. The maximum atomic E-state index is 13.4. The van der Waals surface area contributed by atoms with Crippen molar-refractivity contribution in [3.05, 3.63) is 47.4 Å². The van der Waals surface area contributed by atoms with Crippen molar-refractivity contribution in [2.24, 2.45) is 0 Å². The molecular formula is C20H26FN5O2. The van der Waals surface area contributed by atoms with E-state index in [0.717, 1.165) is 37.9 Å². The number of halogens is 1. The quantitative estimate of drug-likeness (QED) is 0.799. The van der Waals surface area contributed by atoms with E-state index in [0.29, 0.717) is 17.9 Å². The standard InChI is InChI=1S/C20H26FN5O2/c1-3-26-18(16(13-23-26)19(27)22-2)24-20(28)17(25-11-5-4-6-12-25)14-7-9-15(21)10-8-14/h7-10,13,17H,3-6,11-12H2,1-2H3,(H,22,27)(H,24,28). The first-order chi connectivity index (χ1) is 13.5. The number of aromatic nitrogens is 2. The summed E-state index contributed by atoms with van der Waals surface area (Å²) in [6, 6.07) is 5.46. The molecule has 0 saturated carbocycles. The highest BCUT2D eigenvalue weighted by Crippen LogP contribution is 2.27. The summed E-state index contributed by atoms with van der Waals surface area (Å²) >= 11 is 0. The Balaban J connectivity index is 1.92. The Bertz CT molecular complexity index is 828. The number of carbonyl (C=O) groups is 2. The van der Waals surface area contributed by atoms with Gasteiger partial charge in [0.25, 0.3) is 5.91 Å². The van der Waals surface area contributed by atoms with Crippen molar-refractivity contribution >= 4 is 17.6 Å². The van der Waals surface area contributed by atoms with E-state index in [9.17, 15) is 14.0 Å². The molecule has 8 heteroatoms. The molecule has 2 aromatic rings. The maximum Gasteiger partial charge on any atom is 0.256 e. The van der Waals surface area contributed by atoms with E-state index in [4.69, 9.17) is 0 Å². The molecule has 0 aliphatic carbocycles. The Labute approximate surface area is 163 Å². The van der Waals surface area contributed by atoms with Crippen LogP contribution in [0.15, 0.2) is 30.5 Å². The molecule has 150 valence electrons. The zero-order valence-corrected chi connectivity index (χ0v) is 16.2. The van der Waals surface area contributed by atoms with Gasteiger partial charge in [-0.25, -0.2) is 9.07 Å². The van der Waals surface area contributed by atoms with Crippen molar-refractivity contribution in [3.63, 3.8) is 0 Å². The van der Waals surface area contributed by atoms with Crippen LogP contribution in [0.1, 0.15) is 48.1 Å². The Morgan fingerprint density at radius 3 is 2.46 bits per heavy atom. The fraction of sp³-hybridized carbons (Fsp3) is 0.450. The molecule has 1 atom stereocenters. The molecule has 0 spiro atoms. The second-order valence-electron chi connectivity index (χ2n) is 6.84. The molecule has 1 fully saturated rings. The van der Waals surface area contributed by atoms with Crippen LogP contribution >= 0.6 is 0 Å². The van der Waals surface area contributed by atoms with E-state index in [1.807, 2.05) is 6.92 Å². The summed E-state index contributed by atoms with van der Waals surface area (Å²) in [4.78, 5) is 27.6. The number of nitrogens with one attached hydrogen (secondary N) is 2. The van der Waals surface area contributed by atoms with Crippen molar-refractivity contribution in [1.29, 1.82) is 0 Å². The number of nitrogens with zero attached hydrogens (tertiary/aromatic N) is 3. The van der Waals surface area contributed by atoms with Crippen molar-refractivity contribution < 1.29 is 14.0 Å². The molecule has 2 N–H and O–H groups in total. The van der Waals surface area contributed by atoms with Gasteiger partial charge in [-0.05, 0) is 50.6 Å². The average Bonchev–Trinajstić information content (AvgIpc) is 3.12. The first-order valence-electron chi connectivity index (χ1n) is 9.63. The molecule has 2 heterocycles. The topological polar surface area (TPSA) is 79.3 Å². The van der Waals surface area contributed by atoms with Crippen LogP contribution in [-0.2, 0) is 11.3 Å². The van der Waals surface area contributed by atoms with Gasteiger partial charge in [0.05, 0.1) is 6.20 Å². The minimum absolute atomic E-state index is 0.256. The van der Waals surface area contributed by atoms with Crippen molar-refractivity contribution in [1.82, 2.24) is 20.0 Å². The van der Waals surface area contributed by atoms with Crippen molar-refractivity contribution in [2.45, 2.75) is 38.8 Å². The van der Waals surface area contributed by atoms with E-state index < -0.39 is 6.04 Å². The van der Waals surface area contributed by atoms with E-state index in [1.165, 1.54) is 25.4 Å². The van der Waals surface area contributed by atoms with Gasteiger partial charge < -0.3 is 10.6 Å². The molecule has 1 aromatic heterocycles. The minimum Gasteiger partial charge on any atom is -0.355 e. The SMILES string of the molecule is CCn1ncc(C(=O)NC)c1NC(=O)C(c1ccc(F)cc1)N1CCCCC1. The van der Waals surface area contributed by atoms with Crippen LogP contribution in [-0.4, -0.2) is 46.6 Å². The smallest absolute Gasteiger partial charge is 0.256 e. The molecule has 1 saturated heterocycles. The summed E-state index contributed by atoms with van der Waals surface area (Å²) in [5.41, 5.74) is 1.04. The third-order valence-electron chi connectivity index (χ3n) is 5.04. The van der Waals surface area contributed by atoms with Crippen LogP contribution in [0, 0.1) is 5.82 Å². The summed E-state index contributed by atoms with van der Waals surface area (Å²) < 4.78 is 15.0. The Kier molecular flexibility index (Phi) is 6.41. The van der Waals surface area contributed by atoms with Gasteiger partial charge >= 0.3 is 0 Å². The monoisotopic (exact) mass is 387 g/mol. The molecule has 0 radical (unpaired) electrons. The van der Waals surface area contributed by atoms with E-state index in [-0.39, 0.29) is 17.6 Å². The Morgan fingerprint density at radius 1 is 1.18 bits per heavy atom. The van der Waals surface area contributed by atoms with Gasteiger partial charge in [-0.2, -0.15) is 5.10 Å². The molecule has 28 heavy (non-hydrogen) atoms. The zero-order chi connectivity index (χ0) is 20.1. The van der Waals surface area contributed by atoms with Gasteiger partial charge in [0.15, 0.2) is 0 Å². The second-order valence-corrected chi connectivity index (χ2v) is 6.84. The number of piperidine rings is 1. The number of benzene rings is 1. The number of hydrogen-bond donors (Lipinski definition) is 2. The molecule has 3 rings (SSSR count). The van der Waals surface area contributed by atoms with E-state index >= 15 is 0 Å². The highest BCUT2D eigenvalue weighted by Gasteiger charge is 2.30. The van der Waals surface area contributed by atoms with Crippen molar-refractivity contribution in [3.8, 4) is 0 Å². The molecule has 1 aliphatic rings. The lowest BCUT2D eigenvalue weighted by molar-refractivity contribution is -0.122. The lowest BCUT2D eigenvalue weighted by Crippen LogP contribution is -2.40. The molecule has 2 amide bonds. The molecule has 1 aromatic carbocycles. The maximum absolute atomic E-state index is 13.4. The first kappa shape index (κ1) is 20.0. The van der Waals surface area contributed by atoms with Crippen LogP contribution in [0.5, 0.6) is 0 Å². The van der Waals surface area contributed by atoms with Crippen LogP contribution < -0.4 is 10.6 Å². The third-order valence-corrected chi connectivity index (χ3v) is 5.04. The number of carbonyl (C=O) groups excluding carboxylic acids is 2. The molecule has 7 nitrogen and oxygen atoms in total. The van der Waals surface area contributed by atoms with Gasteiger partial charge in [-0.15, -0.1) is 0 Å². The zero-order valence-electron chi connectivity index (χ0n) is 16.2. The van der Waals surface area contributed by atoms with Gasteiger partial charge in [0.2, 0.25) is 5.91 Å². The predicted octanol–water partition coefficient (Wildman–Crippen LogP) is 2.57. The third kappa shape index (κ3) is 4.22. The number of hydrogen-bond acceptors (Lipinski definition) is 4. The molecular weight excluding hydrogens is 361 g/mol. The highest BCUT2D eigenvalue weighted by molar-refractivity contribution is 6.04. The minimum atomic E-state index is -0.557. The molecule has 0 bridgehead atoms. The fourth-order valence-electron chi connectivity index (χ4n) is 3.59. The summed E-state index contributed by atoms with van der Waals surface area (Å²) in [5.74, 6) is -0.538. The van der Waals surface area contributed by atoms with Gasteiger partial charge in [-0.3, -0.25) is 14.5 Å². The van der Waals surface area contributed by atoms with Crippen LogP contribution in [0.25, 0.3) is 0 Å². The number of likely N-dealkylation sites (tertiary alicyclic amines) is 1. The van der Waals surface area contributed by atoms with Gasteiger partial charge in [0.1, 0.15) is 23.2 Å². The Morgan fingerprint density at radius 2 is 1.86 bits per heavy atom. The summed E-state index contributed by atoms with van der Waals surface area (Å²) in [6.07, 6.45) is 4.62. The lowest BCUT2D eigenvalue weighted by Gasteiger charge is -2.34. The predicted molar refractivity (Wildman–Crippen MR) is 104 cm³/mol. The molecule has 1 unspecified atom stereocenters. The largest absolute Gasteiger partial charge is 0.355 e. The van der Waals surface area contributed by atoms with E-state index in [1.54, 1.807) is 16.8 Å². The fourth-order valence-corrected chi connectivity index (χ4v) is 3.59. The summed E-state index contributed by atoms with van der Waals surface area (Å²) in [7, 11) is 1.53. The summed E-state index contributed by atoms with van der Waals surface area (Å²) in [5, 5.41) is 9.66. The van der Waals surface area contributed by atoms with Crippen LogP contribution in [0.4, 0.5) is 10.2 Å². The lowest BCUT2D eigenvalue weighted by atomic mass is 10.0. The summed E-state index contributed by atoms with van der Waals surface area (Å²) in [6.45, 7) is 3.99. The number of amides is 2. The number of rotatable bonds is 6. The molecule has 1 aliphatic heterocycles.